The van der Waals surface area contributed by atoms with Gasteiger partial charge in [0.15, 0.2) is 5.78 Å². The smallest absolute Gasteiger partial charge is 0.154 e. The summed E-state index contributed by atoms with van der Waals surface area (Å²) in [4.78, 5) is 12.2. The van der Waals surface area contributed by atoms with Crippen LogP contribution >= 0.6 is 0 Å². The number of benzene rings is 2. The lowest BCUT2D eigenvalue weighted by atomic mass is 9.74. The quantitative estimate of drug-likeness (QED) is 0.857. The second-order valence-corrected chi connectivity index (χ2v) is 5.06. The molecule has 0 aliphatic heterocycles. The Bertz CT molecular complexity index is 690. The Morgan fingerprint density at radius 1 is 1.23 bits per heavy atom. The van der Waals surface area contributed by atoms with Crippen molar-refractivity contribution in [2.45, 2.75) is 18.8 Å². The molecule has 0 amide bonds. The van der Waals surface area contributed by atoms with Crippen LogP contribution in [-0.4, -0.2) is 11.0 Å². The standard InChI is InChI=1S/C17H15N2O3/c1-13(20)17(12-18,15-5-3-2-4-6-15)11-14-7-9-16(10-8-14)19(21)22/h2-10,21H,11H2,1H3/q-1/t17-/m0/s1. The van der Waals surface area contributed by atoms with Gasteiger partial charge in [0.1, 0.15) is 5.41 Å². The van der Waals surface area contributed by atoms with Crippen molar-refractivity contribution in [3.63, 3.8) is 0 Å². The summed E-state index contributed by atoms with van der Waals surface area (Å²) >= 11 is 0. The lowest BCUT2D eigenvalue weighted by molar-refractivity contribution is -0.120. The molecule has 0 aliphatic carbocycles. The zero-order valence-corrected chi connectivity index (χ0v) is 12.1. The highest BCUT2D eigenvalue weighted by molar-refractivity contribution is 5.91. The van der Waals surface area contributed by atoms with Crippen molar-refractivity contribution in [2.75, 3.05) is 5.23 Å². The van der Waals surface area contributed by atoms with E-state index in [2.05, 4.69) is 6.07 Å². The highest BCUT2D eigenvalue weighted by atomic mass is 16.8. The Morgan fingerprint density at radius 3 is 2.27 bits per heavy atom. The van der Waals surface area contributed by atoms with Crippen LogP contribution in [0.5, 0.6) is 0 Å². The largest absolute Gasteiger partial charge is 0.733 e. The maximum atomic E-state index is 12.2. The molecule has 0 radical (unpaired) electrons. The van der Waals surface area contributed by atoms with E-state index in [0.717, 1.165) is 5.56 Å². The van der Waals surface area contributed by atoms with Crippen LogP contribution in [0.1, 0.15) is 18.1 Å². The highest BCUT2D eigenvalue weighted by Crippen LogP contribution is 2.30. The molecule has 112 valence electrons. The van der Waals surface area contributed by atoms with Crippen LogP contribution in [-0.2, 0) is 16.6 Å². The van der Waals surface area contributed by atoms with Gasteiger partial charge in [-0.05, 0) is 30.2 Å². The molecule has 1 atom stereocenters. The molecule has 5 heteroatoms. The first-order valence-electron chi connectivity index (χ1n) is 6.72. The van der Waals surface area contributed by atoms with E-state index in [-0.39, 0.29) is 23.1 Å². The summed E-state index contributed by atoms with van der Waals surface area (Å²) in [5, 5.41) is 29.0. The lowest BCUT2D eigenvalue weighted by Gasteiger charge is -2.25. The first-order valence-corrected chi connectivity index (χ1v) is 6.72. The van der Waals surface area contributed by atoms with Crippen LogP contribution in [0.3, 0.4) is 0 Å². The van der Waals surface area contributed by atoms with E-state index in [0.29, 0.717) is 5.56 Å². The molecule has 0 unspecified atom stereocenters. The van der Waals surface area contributed by atoms with Gasteiger partial charge in [0.2, 0.25) is 0 Å². The van der Waals surface area contributed by atoms with Crippen molar-refractivity contribution >= 4 is 11.5 Å². The second kappa shape index (κ2) is 6.39. The number of hydrogen-bond donors (Lipinski definition) is 1. The SMILES string of the molecule is CC(=O)[C@@](C#N)(Cc1ccc(N([O-])O)cc1)c1ccccc1. The number of Topliss-reactive ketones (excluding diaryl/α,β-unsaturated/α-hetero) is 1. The van der Waals surface area contributed by atoms with Crippen molar-refractivity contribution in [3.05, 3.63) is 70.9 Å². The van der Waals surface area contributed by atoms with Crippen molar-refractivity contribution in [2.24, 2.45) is 0 Å². The van der Waals surface area contributed by atoms with Gasteiger partial charge in [-0.2, -0.15) is 5.26 Å². The van der Waals surface area contributed by atoms with Gasteiger partial charge in [0, 0.05) is 6.42 Å². The molecule has 0 saturated heterocycles. The lowest BCUT2D eigenvalue weighted by Crippen LogP contribution is -2.35. The number of hydrogen-bond acceptors (Lipinski definition) is 5. The van der Waals surface area contributed by atoms with Crippen molar-refractivity contribution < 1.29 is 10.0 Å². The van der Waals surface area contributed by atoms with Gasteiger partial charge in [0.05, 0.1) is 11.8 Å². The van der Waals surface area contributed by atoms with E-state index < -0.39 is 5.41 Å². The summed E-state index contributed by atoms with van der Waals surface area (Å²) in [6.45, 7) is 1.40. The van der Waals surface area contributed by atoms with Crippen LogP contribution in [0.15, 0.2) is 54.6 Å². The van der Waals surface area contributed by atoms with Gasteiger partial charge in [-0.15, -0.1) is 0 Å². The molecule has 0 bridgehead atoms. The summed E-state index contributed by atoms with van der Waals surface area (Å²) in [5.74, 6) is -0.238. The summed E-state index contributed by atoms with van der Waals surface area (Å²) in [5.41, 5.74) is 0.195. The fraction of sp³-hybridized carbons (Fsp3) is 0.176. The van der Waals surface area contributed by atoms with E-state index in [1.54, 1.807) is 36.4 Å². The summed E-state index contributed by atoms with van der Waals surface area (Å²) in [6, 6.07) is 17.2. The Kier molecular flexibility index (Phi) is 4.56. The van der Waals surface area contributed by atoms with Gasteiger partial charge in [0.25, 0.3) is 0 Å². The van der Waals surface area contributed by atoms with Crippen LogP contribution in [0.4, 0.5) is 5.69 Å². The Balaban J connectivity index is 2.40. The number of ketones is 1. The fourth-order valence-corrected chi connectivity index (χ4v) is 2.38. The molecule has 0 aromatic heterocycles. The number of nitriles is 1. The summed E-state index contributed by atoms with van der Waals surface area (Å²) in [6.07, 6.45) is 0.202. The first kappa shape index (κ1) is 15.7. The fourth-order valence-electron chi connectivity index (χ4n) is 2.38. The van der Waals surface area contributed by atoms with Crippen LogP contribution < -0.4 is 5.23 Å². The van der Waals surface area contributed by atoms with Crippen LogP contribution in [0, 0.1) is 16.5 Å². The molecule has 0 aliphatic rings. The minimum atomic E-state index is -1.26. The molecule has 2 aromatic carbocycles. The van der Waals surface area contributed by atoms with E-state index in [4.69, 9.17) is 5.21 Å². The first-order chi connectivity index (χ1) is 10.5. The van der Waals surface area contributed by atoms with E-state index in [1.165, 1.54) is 19.1 Å². The monoisotopic (exact) mass is 295 g/mol. The molecular weight excluding hydrogens is 280 g/mol. The highest BCUT2D eigenvalue weighted by Gasteiger charge is 2.37. The van der Waals surface area contributed by atoms with Gasteiger partial charge >= 0.3 is 0 Å². The maximum absolute atomic E-state index is 12.2. The minimum absolute atomic E-state index is 0.0915. The predicted octanol–water partition coefficient (Wildman–Crippen LogP) is 2.97. The summed E-state index contributed by atoms with van der Waals surface area (Å²) in [7, 11) is 0. The van der Waals surface area contributed by atoms with Gasteiger partial charge in [-0.3, -0.25) is 10.0 Å². The molecule has 0 saturated carbocycles. The molecule has 0 fully saturated rings. The number of carbonyl (C=O) groups is 1. The topological polar surface area (TPSA) is 87.4 Å². The van der Waals surface area contributed by atoms with Crippen LogP contribution in [0.25, 0.3) is 0 Å². The Morgan fingerprint density at radius 2 is 1.82 bits per heavy atom. The maximum Gasteiger partial charge on any atom is 0.154 e. The molecule has 1 N–H and O–H groups in total. The zero-order chi connectivity index (χ0) is 16.2. The third-order valence-electron chi connectivity index (χ3n) is 3.68. The molecule has 5 nitrogen and oxygen atoms in total. The molecule has 2 rings (SSSR count). The Hall–Kier alpha value is -2.68. The average molecular weight is 295 g/mol. The van der Waals surface area contributed by atoms with E-state index in [1.807, 2.05) is 6.07 Å². The molecule has 22 heavy (non-hydrogen) atoms. The van der Waals surface area contributed by atoms with Crippen LogP contribution in [0.2, 0.25) is 0 Å². The molecule has 0 spiro atoms. The van der Waals surface area contributed by atoms with Crippen molar-refractivity contribution in [1.82, 2.24) is 0 Å². The summed E-state index contributed by atoms with van der Waals surface area (Å²) < 4.78 is 0. The Labute approximate surface area is 128 Å². The van der Waals surface area contributed by atoms with Gasteiger partial charge < -0.3 is 10.4 Å². The minimum Gasteiger partial charge on any atom is -0.733 e. The third kappa shape index (κ3) is 2.98. The molecule has 0 heterocycles. The predicted molar refractivity (Wildman–Crippen MR) is 82.2 cm³/mol. The zero-order valence-electron chi connectivity index (χ0n) is 12.1. The van der Waals surface area contributed by atoms with Gasteiger partial charge in [-0.1, -0.05) is 42.5 Å². The van der Waals surface area contributed by atoms with Gasteiger partial charge in [-0.25, -0.2) is 0 Å². The molecule has 2 aromatic rings. The van der Waals surface area contributed by atoms with Crippen molar-refractivity contribution in [1.29, 1.82) is 5.26 Å². The number of anilines is 1. The third-order valence-corrected chi connectivity index (χ3v) is 3.68. The normalized spacial score (nSPS) is 13.0. The molecular formula is C17H15N2O3-. The van der Waals surface area contributed by atoms with Crippen molar-refractivity contribution in [3.8, 4) is 6.07 Å². The number of rotatable bonds is 5. The number of nitrogens with zero attached hydrogens (tertiary/aromatic N) is 2. The second-order valence-electron chi connectivity index (χ2n) is 5.06. The number of carbonyl (C=O) groups excluding carboxylic acids is 1. The van der Waals surface area contributed by atoms with E-state index in [9.17, 15) is 15.3 Å². The average Bonchev–Trinajstić information content (AvgIpc) is 2.53. The van der Waals surface area contributed by atoms with E-state index >= 15 is 0 Å².